The molecule has 1 aromatic carbocycles. The lowest BCUT2D eigenvalue weighted by molar-refractivity contribution is -0.147. The van der Waals surface area contributed by atoms with Crippen molar-refractivity contribution in [1.29, 1.82) is 0 Å². The molecular weight excluding hydrogens is 390 g/mol. The Hall–Kier alpha value is -3.36. The smallest absolute Gasteiger partial charge is 0.321 e. The Morgan fingerprint density at radius 1 is 1.17 bits per heavy atom. The summed E-state index contributed by atoms with van der Waals surface area (Å²) in [6, 6.07) is 6.29. The Kier molecular flexibility index (Phi) is 8.40. The fourth-order valence-electron chi connectivity index (χ4n) is 2.46. The lowest BCUT2D eigenvalue weighted by Crippen LogP contribution is -2.44. The first kappa shape index (κ1) is 22.9. The summed E-state index contributed by atoms with van der Waals surface area (Å²) in [7, 11) is 0. The van der Waals surface area contributed by atoms with E-state index in [1.165, 1.54) is 0 Å². The zero-order chi connectivity index (χ0) is 22.1. The van der Waals surface area contributed by atoms with Crippen LogP contribution in [0, 0.1) is 13.8 Å². The third kappa shape index (κ3) is 7.23. The second-order valence-electron chi connectivity index (χ2n) is 6.90. The number of amides is 3. The van der Waals surface area contributed by atoms with Gasteiger partial charge in [0.05, 0.1) is 17.7 Å². The minimum absolute atomic E-state index is 0.00348. The van der Waals surface area contributed by atoms with E-state index in [0.717, 1.165) is 17.7 Å². The summed E-state index contributed by atoms with van der Waals surface area (Å²) in [4.78, 5) is 35.1. The number of aryl methyl sites for hydroxylation is 2. The molecule has 0 saturated carbocycles. The molecule has 9 nitrogen and oxygen atoms in total. The van der Waals surface area contributed by atoms with Gasteiger partial charge in [0, 0.05) is 6.04 Å². The van der Waals surface area contributed by atoms with E-state index in [2.05, 4.69) is 15.8 Å². The number of carbonyl (C=O) groups is 3. The summed E-state index contributed by atoms with van der Waals surface area (Å²) in [5, 5.41) is 8.58. The molecule has 0 unspecified atom stereocenters. The van der Waals surface area contributed by atoms with Gasteiger partial charge in [-0.2, -0.15) is 0 Å². The van der Waals surface area contributed by atoms with Crippen LogP contribution in [0.25, 0.3) is 0 Å². The number of rotatable bonds is 9. The van der Waals surface area contributed by atoms with Gasteiger partial charge in [-0.25, -0.2) is 4.79 Å². The lowest BCUT2D eigenvalue weighted by atomic mass is 10.1. The second-order valence-corrected chi connectivity index (χ2v) is 6.90. The van der Waals surface area contributed by atoms with Gasteiger partial charge in [0.2, 0.25) is 0 Å². The highest BCUT2D eigenvalue weighted by Crippen LogP contribution is 2.18. The lowest BCUT2D eigenvalue weighted by Gasteiger charge is -2.11. The largest absolute Gasteiger partial charge is 0.489 e. The van der Waals surface area contributed by atoms with Gasteiger partial charge < -0.3 is 19.3 Å². The molecule has 0 fully saturated rings. The maximum atomic E-state index is 11.9. The zero-order valence-corrected chi connectivity index (χ0v) is 17.6. The van der Waals surface area contributed by atoms with Crippen LogP contribution >= 0.6 is 0 Å². The molecule has 0 aliphatic rings. The number of hydrogen-bond acceptors (Lipinski definition) is 7. The van der Waals surface area contributed by atoms with E-state index in [9.17, 15) is 14.4 Å². The first-order valence-corrected chi connectivity index (χ1v) is 9.68. The maximum Gasteiger partial charge on any atom is 0.321 e. The Balaban J connectivity index is 1.73. The molecule has 162 valence electrons. The van der Waals surface area contributed by atoms with Crippen LogP contribution in [0.15, 0.2) is 28.8 Å². The van der Waals surface area contributed by atoms with Gasteiger partial charge in [-0.1, -0.05) is 24.2 Å². The van der Waals surface area contributed by atoms with E-state index < -0.39 is 24.5 Å². The molecule has 9 heteroatoms. The highest BCUT2D eigenvalue weighted by atomic mass is 16.5. The monoisotopic (exact) mass is 417 g/mol. The molecule has 30 heavy (non-hydrogen) atoms. The molecule has 3 amide bonds. The number of benzene rings is 1. The van der Waals surface area contributed by atoms with Gasteiger partial charge in [-0.05, 0) is 44.9 Å². The minimum Gasteiger partial charge on any atom is -0.489 e. The molecule has 0 saturated heterocycles. The fraction of sp³-hybridized carbons (Fsp3) is 0.429. The SMILES string of the molecule is CC[C@@H](C)NC(=O)NC(=O)COC(=O)Cc1ccc(OCc2c(C)noc2C)cc1. The normalized spacial score (nSPS) is 11.5. The van der Waals surface area contributed by atoms with Crippen LogP contribution in [0.3, 0.4) is 0 Å². The quantitative estimate of drug-likeness (QED) is 0.602. The minimum atomic E-state index is -0.688. The molecule has 1 atom stereocenters. The number of nitrogens with zero attached hydrogens (tertiary/aromatic N) is 1. The van der Waals surface area contributed by atoms with Gasteiger partial charge in [0.1, 0.15) is 18.1 Å². The summed E-state index contributed by atoms with van der Waals surface area (Å²) in [6.45, 7) is 7.21. The van der Waals surface area contributed by atoms with Gasteiger partial charge in [-0.3, -0.25) is 14.9 Å². The number of esters is 1. The number of carbonyl (C=O) groups excluding carboxylic acids is 3. The number of aromatic nitrogens is 1. The Morgan fingerprint density at radius 3 is 2.47 bits per heavy atom. The predicted molar refractivity (Wildman–Crippen MR) is 108 cm³/mol. The molecule has 2 rings (SSSR count). The number of urea groups is 1. The number of ether oxygens (including phenoxy) is 2. The van der Waals surface area contributed by atoms with Crippen molar-refractivity contribution in [2.24, 2.45) is 0 Å². The second kappa shape index (κ2) is 11.0. The van der Waals surface area contributed by atoms with Gasteiger partial charge >= 0.3 is 12.0 Å². The maximum absolute atomic E-state index is 11.9. The van der Waals surface area contributed by atoms with Crippen molar-refractivity contribution in [3.63, 3.8) is 0 Å². The van der Waals surface area contributed by atoms with Crippen molar-refractivity contribution in [3.05, 3.63) is 46.8 Å². The van der Waals surface area contributed by atoms with Crippen LogP contribution < -0.4 is 15.4 Å². The Labute approximate surface area is 175 Å². The van der Waals surface area contributed by atoms with Gasteiger partial charge in [-0.15, -0.1) is 0 Å². The van der Waals surface area contributed by atoms with Crippen molar-refractivity contribution >= 4 is 17.9 Å². The number of nitrogens with one attached hydrogen (secondary N) is 2. The van der Waals surface area contributed by atoms with Gasteiger partial charge in [0.15, 0.2) is 6.61 Å². The fourth-order valence-corrected chi connectivity index (χ4v) is 2.46. The third-order valence-electron chi connectivity index (χ3n) is 4.44. The molecule has 1 aromatic heterocycles. The number of hydrogen-bond donors (Lipinski definition) is 2. The number of imide groups is 1. The van der Waals surface area contributed by atoms with E-state index in [0.29, 0.717) is 23.7 Å². The Morgan fingerprint density at radius 2 is 1.87 bits per heavy atom. The van der Waals surface area contributed by atoms with Crippen molar-refractivity contribution in [2.45, 2.75) is 53.2 Å². The summed E-state index contributed by atoms with van der Waals surface area (Å²) in [5.74, 6) is 0.0937. The van der Waals surface area contributed by atoms with Crippen LogP contribution in [0.4, 0.5) is 4.79 Å². The molecule has 2 aromatic rings. The first-order chi connectivity index (χ1) is 14.3. The molecule has 0 radical (unpaired) electrons. The molecule has 0 spiro atoms. The average Bonchev–Trinajstić information content (AvgIpc) is 3.03. The summed E-state index contributed by atoms with van der Waals surface area (Å²) in [5.41, 5.74) is 2.40. The van der Waals surface area contributed by atoms with Crippen LogP contribution in [0.5, 0.6) is 5.75 Å². The molecular formula is C21H27N3O6. The van der Waals surface area contributed by atoms with Crippen molar-refractivity contribution in [3.8, 4) is 5.75 Å². The van der Waals surface area contributed by atoms with E-state index >= 15 is 0 Å². The summed E-state index contributed by atoms with van der Waals surface area (Å²) >= 11 is 0. The first-order valence-electron chi connectivity index (χ1n) is 9.68. The molecule has 0 bridgehead atoms. The van der Waals surface area contributed by atoms with Crippen LogP contribution in [-0.4, -0.2) is 35.7 Å². The summed E-state index contributed by atoms with van der Waals surface area (Å²) < 4.78 is 15.7. The molecule has 1 heterocycles. The average molecular weight is 417 g/mol. The van der Waals surface area contributed by atoms with E-state index in [-0.39, 0.29) is 12.5 Å². The van der Waals surface area contributed by atoms with Gasteiger partial charge in [0.25, 0.3) is 5.91 Å². The highest BCUT2D eigenvalue weighted by Gasteiger charge is 2.13. The highest BCUT2D eigenvalue weighted by molar-refractivity contribution is 5.95. The van der Waals surface area contributed by atoms with E-state index in [1.54, 1.807) is 24.3 Å². The molecule has 0 aliphatic carbocycles. The van der Waals surface area contributed by atoms with Crippen molar-refractivity contribution in [2.75, 3.05) is 6.61 Å². The Bertz CT molecular complexity index is 856. The van der Waals surface area contributed by atoms with Crippen molar-refractivity contribution < 1.29 is 28.4 Å². The van der Waals surface area contributed by atoms with E-state index in [4.69, 9.17) is 14.0 Å². The molecule has 0 aliphatic heterocycles. The van der Waals surface area contributed by atoms with Crippen molar-refractivity contribution in [1.82, 2.24) is 15.8 Å². The molecule has 2 N–H and O–H groups in total. The predicted octanol–water partition coefficient (Wildman–Crippen LogP) is 2.58. The van der Waals surface area contributed by atoms with E-state index in [1.807, 2.05) is 27.7 Å². The standard InChI is InChI=1S/C21H27N3O6/c1-5-13(2)22-21(27)23-19(25)12-29-20(26)10-16-6-8-17(9-7-16)28-11-18-14(3)24-30-15(18)4/h6-9,13H,5,10-12H2,1-4H3,(H2,22,23,25,27)/t13-/m1/s1. The summed E-state index contributed by atoms with van der Waals surface area (Å²) in [6.07, 6.45) is 0.733. The van der Waals surface area contributed by atoms with Crippen LogP contribution in [-0.2, 0) is 27.4 Å². The van der Waals surface area contributed by atoms with Crippen LogP contribution in [0.1, 0.15) is 42.8 Å². The van der Waals surface area contributed by atoms with Crippen LogP contribution in [0.2, 0.25) is 0 Å². The third-order valence-corrected chi connectivity index (χ3v) is 4.44. The topological polar surface area (TPSA) is 120 Å². The zero-order valence-electron chi connectivity index (χ0n) is 17.6.